The van der Waals surface area contributed by atoms with Gasteiger partial charge in [-0.1, -0.05) is 25.1 Å². The first-order valence-corrected chi connectivity index (χ1v) is 16.0. The number of aryl methyl sites for hydroxylation is 1. The van der Waals surface area contributed by atoms with E-state index < -0.39 is 10.0 Å². The Labute approximate surface area is 245 Å². The first kappa shape index (κ1) is 28.0. The summed E-state index contributed by atoms with van der Waals surface area (Å²) in [5, 5.41) is 16.4. The van der Waals surface area contributed by atoms with Gasteiger partial charge in [0.15, 0.2) is 5.75 Å². The Morgan fingerprint density at radius 2 is 1.90 bits per heavy atom. The molecule has 2 aliphatic carbocycles. The maximum atomic E-state index is 13.6. The van der Waals surface area contributed by atoms with E-state index in [2.05, 4.69) is 44.0 Å². The number of nitrogens with zero attached hydrogens (tertiary/aromatic N) is 5. The predicted octanol–water partition coefficient (Wildman–Crippen LogP) is 5.02. The molecule has 0 unspecified atom stereocenters. The van der Waals surface area contributed by atoms with Crippen LogP contribution in [0.3, 0.4) is 0 Å². The number of nitrogens with one attached hydrogen (secondary N) is 2. The standard InChI is InChI=1S/C30H35N7O4S/c1-6-26-22(16-31-37(26)21-9-10-21)25-17-36(35-33-25)27-13-19(8-7-18(27)2)29(38)32-23-14-20(30(3)11-12-30)15-24(28(23)41-4)34-42(5,39)40/h7-8,13-17,21,34H,6,9-12H2,1-5H3,(H,32,38). The van der Waals surface area contributed by atoms with E-state index in [1.807, 2.05) is 31.5 Å². The fourth-order valence-electron chi connectivity index (χ4n) is 5.33. The smallest absolute Gasteiger partial charge is 0.255 e. The van der Waals surface area contributed by atoms with Crippen LogP contribution in [-0.2, 0) is 21.9 Å². The third-order valence-corrected chi connectivity index (χ3v) is 8.74. The summed E-state index contributed by atoms with van der Waals surface area (Å²) in [6.07, 6.45) is 9.92. The molecule has 0 bridgehead atoms. The van der Waals surface area contributed by atoms with Gasteiger partial charge in [-0.15, -0.1) is 5.10 Å². The Morgan fingerprint density at radius 3 is 2.55 bits per heavy atom. The third kappa shape index (κ3) is 5.38. The molecule has 6 rings (SSSR count). The third-order valence-electron chi connectivity index (χ3n) is 8.15. The van der Waals surface area contributed by atoms with Gasteiger partial charge < -0.3 is 10.1 Å². The van der Waals surface area contributed by atoms with E-state index in [4.69, 9.17) is 4.74 Å². The molecule has 42 heavy (non-hydrogen) atoms. The molecule has 2 aliphatic rings. The van der Waals surface area contributed by atoms with Crippen molar-refractivity contribution in [2.75, 3.05) is 23.4 Å². The number of carbonyl (C=O) groups is 1. The SMILES string of the molecule is CCc1c(-c2cn(-c3cc(C(=O)Nc4cc(C5(C)CC5)cc(NS(C)(=O)=O)c4OC)ccc3C)nn2)cnn1C1CC1. The lowest BCUT2D eigenvalue weighted by Crippen LogP contribution is -2.17. The monoisotopic (exact) mass is 589 g/mol. The lowest BCUT2D eigenvalue weighted by atomic mass is 9.96. The van der Waals surface area contributed by atoms with Gasteiger partial charge in [0.1, 0.15) is 5.69 Å². The first-order valence-electron chi connectivity index (χ1n) is 14.1. The molecule has 0 aliphatic heterocycles. The maximum Gasteiger partial charge on any atom is 0.255 e. The Balaban J connectivity index is 1.31. The van der Waals surface area contributed by atoms with Crippen molar-refractivity contribution < 1.29 is 17.9 Å². The van der Waals surface area contributed by atoms with Crippen LogP contribution in [0.4, 0.5) is 11.4 Å². The Bertz CT molecular complexity index is 1800. The van der Waals surface area contributed by atoms with Gasteiger partial charge in [-0.3, -0.25) is 14.2 Å². The average Bonchev–Trinajstić information content (AvgIpc) is 3.83. The summed E-state index contributed by atoms with van der Waals surface area (Å²) in [6.45, 7) is 6.18. The van der Waals surface area contributed by atoms with E-state index in [-0.39, 0.29) is 22.8 Å². The molecule has 2 heterocycles. The van der Waals surface area contributed by atoms with Crippen molar-refractivity contribution in [3.8, 4) is 22.7 Å². The zero-order chi connectivity index (χ0) is 29.8. The van der Waals surface area contributed by atoms with Crippen molar-refractivity contribution in [2.24, 2.45) is 0 Å². The summed E-state index contributed by atoms with van der Waals surface area (Å²) >= 11 is 0. The predicted molar refractivity (Wildman–Crippen MR) is 161 cm³/mol. The minimum absolute atomic E-state index is 0.0751. The molecule has 11 nitrogen and oxygen atoms in total. The number of hydrogen-bond donors (Lipinski definition) is 2. The highest BCUT2D eigenvalue weighted by Crippen LogP contribution is 2.51. The number of amides is 1. The molecule has 2 aromatic carbocycles. The fraction of sp³-hybridized carbons (Fsp3) is 0.400. The molecule has 2 N–H and O–H groups in total. The van der Waals surface area contributed by atoms with Gasteiger partial charge in [-0.2, -0.15) is 5.10 Å². The van der Waals surface area contributed by atoms with E-state index in [1.54, 1.807) is 22.9 Å². The zero-order valence-electron chi connectivity index (χ0n) is 24.4. The van der Waals surface area contributed by atoms with Crippen LogP contribution in [0, 0.1) is 6.92 Å². The lowest BCUT2D eigenvalue weighted by Gasteiger charge is -2.19. The Morgan fingerprint density at radius 1 is 1.17 bits per heavy atom. The summed E-state index contributed by atoms with van der Waals surface area (Å²) < 4.78 is 36.1. The number of rotatable bonds is 10. The molecule has 2 saturated carbocycles. The molecule has 1 amide bonds. The summed E-state index contributed by atoms with van der Waals surface area (Å²) in [4.78, 5) is 13.6. The van der Waals surface area contributed by atoms with Gasteiger partial charge in [-0.25, -0.2) is 13.1 Å². The van der Waals surface area contributed by atoms with E-state index in [9.17, 15) is 13.2 Å². The van der Waals surface area contributed by atoms with Gasteiger partial charge in [-0.05, 0) is 79.8 Å². The number of aromatic nitrogens is 5. The quantitative estimate of drug-likeness (QED) is 0.265. The van der Waals surface area contributed by atoms with Crippen LogP contribution >= 0.6 is 0 Å². The fourth-order valence-corrected chi connectivity index (χ4v) is 5.88. The molecule has 0 atom stereocenters. The van der Waals surface area contributed by atoms with Crippen LogP contribution in [0.1, 0.15) is 72.8 Å². The molecule has 2 aromatic heterocycles. The summed E-state index contributed by atoms with van der Waals surface area (Å²) in [6, 6.07) is 9.51. The van der Waals surface area contributed by atoms with Crippen LogP contribution in [0.2, 0.25) is 0 Å². The molecular weight excluding hydrogens is 554 g/mol. The van der Waals surface area contributed by atoms with E-state index in [1.165, 1.54) is 7.11 Å². The van der Waals surface area contributed by atoms with Crippen LogP contribution in [0.5, 0.6) is 5.75 Å². The normalized spacial score (nSPS) is 15.8. The minimum atomic E-state index is -3.58. The van der Waals surface area contributed by atoms with Gasteiger partial charge >= 0.3 is 0 Å². The van der Waals surface area contributed by atoms with Crippen molar-refractivity contribution in [3.05, 3.63) is 65.1 Å². The molecule has 4 aromatic rings. The van der Waals surface area contributed by atoms with Crippen LogP contribution in [-0.4, -0.2) is 52.5 Å². The summed E-state index contributed by atoms with van der Waals surface area (Å²) in [5.41, 5.74) is 6.44. The molecule has 0 saturated heterocycles. The molecule has 0 spiro atoms. The Hall–Kier alpha value is -4.19. The van der Waals surface area contributed by atoms with Crippen LogP contribution < -0.4 is 14.8 Å². The van der Waals surface area contributed by atoms with Crippen molar-refractivity contribution in [2.45, 2.75) is 64.3 Å². The highest BCUT2D eigenvalue weighted by atomic mass is 32.2. The first-order chi connectivity index (χ1) is 20.0. The summed E-state index contributed by atoms with van der Waals surface area (Å²) in [5.74, 6) is -0.120. The highest BCUT2D eigenvalue weighted by Gasteiger charge is 2.40. The van der Waals surface area contributed by atoms with Crippen molar-refractivity contribution in [1.82, 2.24) is 24.8 Å². The minimum Gasteiger partial charge on any atom is -0.492 e. The van der Waals surface area contributed by atoms with E-state index >= 15 is 0 Å². The number of benzene rings is 2. The zero-order valence-corrected chi connectivity index (χ0v) is 25.2. The highest BCUT2D eigenvalue weighted by molar-refractivity contribution is 7.92. The lowest BCUT2D eigenvalue weighted by molar-refractivity contribution is 0.102. The number of hydrogen-bond acceptors (Lipinski definition) is 7. The van der Waals surface area contributed by atoms with E-state index in [0.717, 1.165) is 72.1 Å². The molecule has 0 radical (unpaired) electrons. The Kier molecular flexibility index (Phi) is 6.83. The van der Waals surface area contributed by atoms with Crippen molar-refractivity contribution in [3.63, 3.8) is 0 Å². The molecule has 12 heteroatoms. The number of sulfonamides is 1. The molecule has 2 fully saturated rings. The summed E-state index contributed by atoms with van der Waals surface area (Å²) in [7, 11) is -2.13. The topological polar surface area (TPSA) is 133 Å². The average molecular weight is 590 g/mol. The van der Waals surface area contributed by atoms with Crippen LogP contribution in [0.25, 0.3) is 16.9 Å². The van der Waals surface area contributed by atoms with Crippen molar-refractivity contribution >= 4 is 27.3 Å². The van der Waals surface area contributed by atoms with Crippen LogP contribution in [0.15, 0.2) is 42.7 Å². The number of carbonyl (C=O) groups excluding carboxylic acids is 1. The second-order valence-electron chi connectivity index (χ2n) is 11.6. The molecular formula is C30H35N7O4S. The van der Waals surface area contributed by atoms with Gasteiger partial charge in [0.25, 0.3) is 5.91 Å². The second kappa shape index (κ2) is 10.3. The van der Waals surface area contributed by atoms with Gasteiger partial charge in [0.2, 0.25) is 10.0 Å². The maximum absolute atomic E-state index is 13.6. The van der Waals surface area contributed by atoms with E-state index in [0.29, 0.717) is 17.3 Å². The molecule has 220 valence electrons. The second-order valence-corrected chi connectivity index (χ2v) is 13.3. The van der Waals surface area contributed by atoms with Crippen molar-refractivity contribution in [1.29, 1.82) is 0 Å². The van der Waals surface area contributed by atoms with Gasteiger partial charge in [0, 0.05) is 16.8 Å². The van der Waals surface area contributed by atoms with Gasteiger partial charge in [0.05, 0.1) is 48.9 Å². The number of anilines is 2. The number of methoxy groups -OCH3 is 1. The number of ether oxygens (including phenoxy) is 1. The largest absolute Gasteiger partial charge is 0.492 e.